The van der Waals surface area contributed by atoms with Crippen molar-refractivity contribution >= 4 is 45.9 Å². The molecule has 0 aliphatic carbocycles. The number of rotatable bonds is 3. The first-order chi connectivity index (χ1) is 10.1. The second-order valence-corrected chi connectivity index (χ2v) is 6.76. The van der Waals surface area contributed by atoms with Crippen LogP contribution in [0.15, 0.2) is 41.8 Å². The molecule has 3 nitrogen and oxygen atoms in total. The van der Waals surface area contributed by atoms with Gasteiger partial charge in [0.05, 0.1) is 10.6 Å². The van der Waals surface area contributed by atoms with E-state index in [9.17, 15) is 4.79 Å². The summed E-state index contributed by atoms with van der Waals surface area (Å²) in [6.45, 7) is 1.85. The van der Waals surface area contributed by atoms with Gasteiger partial charge in [-0.25, -0.2) is 4.98 Å². The van der Waals surface area contributed by atoms with Gasteiger partial charge in [-0.2, -0.15) is 0 Å². The van der Waals surface area contributed by atoms with E-state index >= 15 is 0 Å². The monoisotopic (exact) mass is 334 g/mol. The Kier molecular flexibility index (Phi) is 4.05. The van der Waals surface area contributed by atoms with Crippen LogP contribution in [-0.4, -0.2) is 10.9 Å². The molecule has 0 radical (unpaired) electrons. The van der Waals surface area contributed by atoms with Gasteiger partial charge >= 0.3 is 0 Å². The average molecular weight is 335 g/mol. The molecule has 1 N–H and O–H groups in total. The highest BCUT2D eigenvalue weighted by atomic mass is 35.5. The number of aryl methyl sites for hydroxylation is 1. The number of thiophene rings is 1. The van der Waals surface area contributed by atoms with Gasteiger partial charge < -0.3 is 5.32 Å². The van der Waals surface area contributed by atoms with Gasteiger partial charge in [-0.3, -0.25) is 4.79 Å². The van der Waals surface area contributed by atoms with Gasteiger partial charge in [0.25, 0.3) is 5.91 Å². The Balaban J connectivity index is 1.83. The maximum absolute atomic E-state index is 12.3. The molecule has 6 heteroatoms. The molecule has 0 bridgehead atoms. The number of carbonyl (C=O) groups is 1. The number of hydrogen-bond donors (Lipinski definition) is 1. The first-order valence-electron chi connectivity index (χ1n) is 6.22. The van der Waals surface area contributed by atoms with Crippen molar-refractivity contribution in [1.82, 2.24) is 4.98 Å². The normalized spacial score (nSPS) is 10.6. The molecule has 1 amide bonds. The molecule has 0 saturated carbocycles. The minimum atomic E-state index is -0.143. The molecule has 0 atom stereocenters. The maximum atomic E-state index is 12.3. The van der Waals surface area contributed by atoms with Crippen molar-refractivity contribution in [3.05, 3.63) is 57.4 Å². The fourth-order valence-electron chi connectivity index (χ4n) is 1.83. The number of amides is 1. The van der Waals surface area contributed by atoms with Crippen molar-refractivity contribution in [2.24, 2.45) is 0 Å². The van der Waals surface area contributed by atoms with Crippen molar-refractivity contribution < 1.29 is 4.79 Å². The highest BCUT2D eigenvalue weighted by Gasteiger charge is 2.16. The second kappa shape index (κ2) is 5.97. The predicted molar refractivity (Wildman–Crippen MR) is 89.6 cm³/mol. The lowest BCUT2D eigenvalue weighted by Gasteiger charge is -2.03. The average Bonchev–Trinajstić information content (AvgIpc) is 3.10. The van der Waals surface area contributed by atoms with E-state index < -0.39 is 0 Å². The lowest BCUT2D eigenvalue weighted by atomic mass is 10.3. The number of hydrogen-bond acceptors (Lipinski definition) is 4. The van der Waals surface area contributed by atoms with Crippen molar-refractivity contribution in [2.75, 3.05) is 5.32 Å². The third-order valence-corrected chi connectivity index (χ3v) is 5.28. The van der Waals surface area contributed by atoms with E-state index in [1.54, 1.807) is 35.6 Å². The molecule has 2 aromatic heterocycles. The van der Waals surface area contributed by atoms with Crippen LogP contribution >= 0.6 is 34.3 Å². The molecule has 3 rings (SSSR count). The largest absolute Gasteiger partial charge is 0.321 e. The topological polar surface area (TPSA) is 42.0 Å². The highest BCUT2D eigenvalue weighted by Crippen LogP contribution is 2.31. The summed E-state index contributed by atoms with van der Waals surface area (Å²) in [6.07, 6.45) is 0. The number of thiazole rings is 1. The molecule has 0 saturated heterocycles. The lowest BCUT2D eigenvalue weighted by Crippen LogP contribution is -2.11. The number of nitrogens with one attached hydrogen (secondary N) is 1. The first kappa shape index (κ1) is 14.3. The molecule has 0 aliphatic rings. The van der Waals surface area contributed by atoms with Gasteiger partial charge in [0, 0.05) is 10.7 Å². The predicted octanol–water partition coefficient (Wildman–Crippen LogP) is 5.09. The van der Waals surface area contributed by atoms with Crippen LogP contribution in [0.4, 0.5) is 5.69 Å². The van der Waals surface area contributed by atoms with Crippen molar-refractivity contribution in [1.29, 1.82) is 0 Å². The minimum absolute atomic E-state index is 0.143. The van der Waals surface area contributed by atoms with E-state index in [2.05, 4.69) is 10.3 Å². The summed E-state index contributed by atoms with van der Waals surface area (Å²) in [4.78, 5) is 18.5. The lowest BCUT2D eigenvalue weighted by molar-refractivity contribution is 0.103. The first-order valence-corrected chi connectivity index (χ1v) is 8.29. The van der Waals surface area contributed by atoms with Crippen LogP contribution in [0, 0.1) is 6.92 Å². The van der Waals surface area contributed by atoms with Crippen LogP contribution in [0.25, 0.3) is 9.88 Å². The third kappa shape index (κ3) is 3.15. The number of nitrogens with zero attached hydrogens (tertiary/aromatic N) is 1. The van der Waals surface area contributed by atoms with Gasteiger partial charge in [0.1, 0.15) is 9.88 Å². The number of anilines is 1. The van der Waals surface area contributed by atoms with Crippen LogP contribution in [0.3, 0.4) is 0 Å². The summed E-state index contributed by atoms with van der Waals surface area (Å²) in [7, 11) is 0. The molecule has 0 fully saturated rings. The number of halogens is 1. The van der Waals surface area contributed by atoms with Crippen molar-refractivity contribution in [3.8, 4) is 9.88 Å². The fraction of sp³-hybridized carbons (Fsp3) is 0.0667. The zero-order valence-corrected chi connectivity index (χ0v) is 13.5. The Labute approximate surface area is 135 Å². The summed E-state index contributed by atoms with van der Waals surface area (Å²) < 4.78 is 0. The summed E-state index contributed by atoms with van der Waals surface area (Å²) in [6, 6.07) is 11.0. The quantitative estimate of drug-likeness (QED) is 0.725. The molecular formula is C15H11ClN2OS2. The zero-order chi connectivity index (χ0) is 14.8. The second-order valence-electron chi connectivity index (χ2n) is 4.37. The molecule has 2 heterocycles. The standard InChI is InChI=1S/C15H11ClN2OS2/c1-9-13(21-15(17-9)12-3-2-8-20-12)14(19)18-11-6-4-10(16)5-7-11/h2-8H,1H3,(H,18,19). The van der Waals surface area contributed by atoms with Gasteiger partial charge in [0.15, 0.2) is 0 Å². The van der Waals surface area contributed by atoms with E-state index in [0.29, 0.717) is 9.90 Å². The van der Waals surface area contributed by atoms with Crippen molar-refractivity contribution in [2.45, 2.75) is 6.92 Å². The molecular weight excluding hydrogens is 324 g/mol. The van der Waals surface area contributed by atoms with E-state index in [4.69, 9.17) is 11.6 Å². The van der Waals surface area contributed by atoms with E-state index in [1.165, 1.54) is 11.3 Å². The maximum Gasteiger partial charge on any atom is 0.267 e. The number of benzene rings is 1. The third-order valence-electron chi connectivity index (χ3n) is 2.84. The Morgan fingerprint density at radius 2 is 2.00 bits per heavy atom. The van der Waals surface area contributed by atoms with Gasteiger partial charge in [-0.1, -0.05) is 17.7 Å². The van der Waals surface area contributed by atoms with Gasteiger partial charge in [-0.05, 0) is 42.6 Å². The van der Waals surface area contributed by atoms with E-state index in [1.807, 2.05) is 24.4 Å². The summed E-state index contributed by atoms with van der Waals surface area (Å²) >= 11 is 8.86. The van der Waals surface area contributed by atoms with Crippen LogP contribution in [0.5, 0.6) is 0 Å². The molecule has 21 heavy (non-hydrogen) atoms. The molecule has 0 aliphatic heterocycles. The fourth-order valence-corrected chi connectivity index (χ4v) is 3.72. The molecule has 0 spiro atoms. The summed E-state index contributed by atoms with van der Waals surface area (Å²) in [5, 5.41) is 6.38. The number of aromatic nitrogens is 1. The Morgan fingerprint density at radius 1 is 1.24 bits per heavy atom. The number of carbonyl (C=O) groups excluding carboxylic acids is 1. The van der Waals surface area contributed by atoms with Gasteiger partial charge in [-0.15, -0.1) is 22.7 Å². The van der Waals surface area contributed by atoms with E-state index in [0.717, 1.165) is 21.3 Å². The van der Waals surface area contributed by atoms with Crippen LogP contribution in [-0.2, 0) is 0 Å². The molecule has 106 valence electrons. The minimum Gasteiger partial charge on any atom is -0.321 e. The molecule has 0 unspecified atom stereocenters. The highest BCUT2D eigenvalue weighted by molar-refractivity contribution is 7.22. The summed E-state index contributed by atoms with van der Waals surface area (Å²) in [5.74, 6) is -0.143. The zero-order valence-electron chi connectivity index (χ0n) is 11.1. The Hall–Kier alpha value is -1.69. The summed E-state index contributed by atoms with van der Waals surface area (Å²) in [5.41, 5.74) is 1.46. The Morgan fingerprint density at radius 3 is 2.67 bits per heavy atom. The van der Waals surface area contributed by atoms with Crippen LogP contribution in [0.1, 0.15) is 15.4 Å². The van der Waals surface area contributed by atoms with E-state index in [-0.39, 0.29) is 5.91 Å². The van der Waals surface area contributed by atoms with Crippen LogP contribution < -0.4 is 5.32 Å². The van der Waals surface area contributed by atoms with Gasteiger partial charge in [0.2, 0.25) is 0 Å². The molecule has 3 aromatic rings. The smallest absolute Gasteiger partial charge is 0.267 e. The molecule has 1 aromatic carbocycles. The Bertz CT molecular complexity index is 764. The SMILES string of the molecule is Cc1nc(-c2cccs2)sc1C(=O)Nc1ccc(Cl)cc1. The van der Waals surface area contributed by atoms with Crippen molar-refractivity contribution in [3.63, 3.8) is 0 Å². The van der Waals surface area contributed by atoms with Crippen LogP contribution in [0.2, 0.25) is 5.02 Å².